The number of aromatic nitrogens is 4. The molecular formula is C16H20N6OS. The second-order valence-electron chi connectivity index (χ2n) is 5.23. The minimum Gasteiger partial charge on any atom is -0.492 e. The van der Waals surface area contributed by atoms with E-state index in [1.54, 1.807) is 18.1 Å². The summed E-state index contributed by atoms with van der Waals surface area (Å²) >= 11 is 1.56. The molecule has 0 radical (unpaired) electrons. The SMILES string of the molecule is CCOc1ccc(CSc2nc(NC)c3ncn(C)c3n2)cc1N. The van der Waals surface area contributed by atoms with Crippen molar-refractivity contribution in [1.82, 2.24) is 19.5 Å². The van der Waals surface area contributed by atoms with E-state index in [0.717, 1.165) is 34.0 Å². The molecule has 0 fully saturated rings. The molecule has 0 aliphatic heterocycles. The number of nitrogens with zero attached hydrogens (tertiary/aromatic N) is 4. The number of fused-ring (bicyclic) bond motifs is 1. The van der Waals surface area contributed by atoms with Crippen molar-refractivity contribution in [2.45, 2.75) is 17.8 Å². The molecule has 0 aliphatic rings. The van der Waals surface area contributed by atoms with Crippen LogP contribution in [0, 0.1) is 0 Å². The third-order valence-electron chi connectivity index (χ3n) is 3.52. The van der Waals surface area contributed by atoms with Crippen LogP contribution < -0.4 is 15.8 Å². The van der Waals surface area contributed by atoms with Crippen molar-refractivity contribution in [3.8, 4) is 5.75 Å². The molecule has 7 nitrogen and oxygen atoms in total. The normalized spacial score (nSPS) is 11.0. The second-order valence-corrected chi connectivity index (χ2v) is 6.17. The molecule has 0 spiro atoms. The molecule has 2 heterocycles. The summed E-state index contributed by atoms with van der Waals surface area (Å²) in [5.74, 6) is 2.17. The van der Waals surface area contributed by atoms with Crippen LogP contribution in [0.15, 0.2) is 29.7 Å². The Morgan fingerprint density at radius 2 is 2.17 bits per heavy atom. The van der Waals surface area contributed by atoms with Gasteiger partial charge < -0.3 is 20.4 Å². The maximum Gasteiger partial charge on any atom is 0.191 e. The first-order chi connectivity index (χ1) is 11.6. The molecule has 3 rings (SSSR count). The largest absolute Gasteiger partial charge is 0.492 e. The molecular weight excluding hydrogens is 324 g/mol. The summed E-state index contributed by atoms with van der Waals surface area (Å²) in [4.78, 5) is 13.4. The molecule has 0 atom stereocenters. The van der Waals surface area contributed by atoms with E-state index in [2.05, 4.69) is 20.3 Å². The van der Waals surface area contributed by atoms with Crippen LogP contribution in [0.25, 0.3) is 11.2 Å². The van der Waals surface area contributed by atoms with Crippen molar-refractivity contribution < 1.29 is 4.74 Å². The van der Waals surface area contributed by atoms with Crippen LogP contribution in [-0.2, 0) is 12.8 Å². The van der Waals surface area contributed by atoms with Gasteiger partial charge in [-0.1, -0.05) is 17.8 Å². The summed E-state index contributed by atoms with van der Waals surface area (Å²) in [6.07, 6.45) is 1.74. The standard InChI is InChI=1S/C16H20N6OS/c1-4-23-12-6-5-10(7-11(12)17)8-24-16-20-14(18-2)13-15(21-16)22(3)9-19-13/h5-7,9H,4,8,17H2,1-3H3,(H,18,20,21). The van der Waals surface area contributed by atoms with Crippen molar-refractivity contribution in [3.63, 3.8) is 0 Å². The summed E-state index contributed by atoms with van der Waals surface area (Å²) < 4.78 is 7.35. The first-order valence-electron chi connectivity index (χ1n) is 7.63. The number of nitrogens with one attached hydrogen (secondary N) is 1. The van der Waals surface area contributed by atoms with Crippen molar-refractivity contribution in [2.75, 3.05) is 24.7 Å². The van der Waals surface area contributed by atoms with E-state index in [1.807, 2.05) is 43.8 Å². The lowest BCUT2D eigenvalue weighted by Gasteiger charge is -2.09. The number of anilines is 2. The Morgan fingerprint density at radius 1 is 1.33 bits per heavy atom. The average molecular weight is 344 g/mol. The third-order valence-corrected chi connectivity index (χ3v) is 4.44. The third kappa shape index (κ3) is 3.23. The molecule has 2 aromatic heterocycles. The minimum absolute atomic E-state index is 0.601. The monoisotopic (exact) mass is 344 g/mol. The van der Waals surface area contributed by atoms with Crippen LogP contribution in [0.4, 0.5) is 11.5 Å². The van der Waals surface area contributed by atoms with Crippen LogP contribution in [0.3, 0.4) is 0 Å². The zero-order chi connectivity index (χ0) is 17.1. The van der Waals surface area contributed by atoms with Gasteiger partial charge in [0.05, 0.1) is 18.6 Å². The van der Waals surface area contributed by atoms with Crippen molar-refractivity contribution >= 4 is 34.4 Å². The van der Waals surface area contributed by atoms with Gasteiger partial charge in [0.1, 0.15) is 11.3 Å². The fourth-order valence-corrected chi connectivity index (χ4v) is 3.13. The number of hydrogen-bond acceptors (Lipinski definition) is 7. The topological polar surface area (TPSA) is 90.9 Å². The number of hydrogen-bond donors (Lipinski definition) is 2. The Balaban J connectivity index is 1.80. The lowest BCUT2D eigenvalue weighted by molar-refractivity contribution is 0.342. The van der Waals surface area contributed by atoms with Gasteiger partial charge in [0.15, 0.2) is 16.6 Å². The summed E-state index contributed by atoms with van der Waals surface area (Å²) in [5.41, 5.74) is 9.34. The summed E-state index contributed by atoms with van der Waals surface area (Å²) in [7, 11) is 3.75. The predicted molar refractivity (Wildman–Crippen MR) is 97.4 cm³/mol. The predicted octanol–water partition coefficient (Wildman–Crippen LogP) is 2.68. The Kier molecular flexibility index (Phi) is 4.75. The van der Waals surface area contributed by atoms with Crippen LogP contribution in [0.1, 0.15) is 12.5 Å². The van der Waals surface area contributed by atoms with E-state index in [4.69, 9.17) is 10.5 Å². The number of thioether (sulfide) groups is 1. The molecule has 0 saturated heterocycles. The van der Waals surface area contributed by atoms with E-state index in [-0.39, 0.29) is 0 Å². The van der Waals surface area contributed by atoms with E-state index in [9.17, 15) is 0 Å². The highest BCUT2D eigenvalue weighted by Crippen LogP contribution is 2.28. The molecule has 126 valence electrons. The Hall–Kier alpha value is -2.48. The first kappa shape index (κ1) is 16.4. The lowest BCUT2D eigenvalue weighted by atomic mass is 10.2. The van der Waals surface area contributed by atoms with Gasteiger partial charge in [-0.05, 0) is 24.6 Å². The second kappa shape index (κ2) is 6.96. The molecule has 24 heavy (non-hydrogen) atoms. The van der Waals surface area contributed by atoms with Gasteiger partial charge in [0.2, 0.25) is 0 Å². The van der Waals surface area contributed by atoms with Gasteiger partial charge in [-0.25, -0.2) is 15.0 Å². The van der Waals surface area contributed by atoms with Crippen molar-refractivity contribution in [3.05, 3.63) is 30.1 Å². The van der Waals surface area contributed by atoms with Gasteiger partial charge in [0.25, 0.3) is 0 Å². The minimum atomic E-state index is 0.601. The average Bonchev–Trinajstić information content (AvgIpc) is 2.96. The van der Waals surface area contributed by atoms with E-state index >= 15 is 0 Å². The Morgan fingerprint density at radius 3 is 2.88 bits per heavy atom. The van der Waals surface area contributed by atoms with Crippen molar-refractivity contribution in [1.29, 1.82) is 0 Å². The maximum absolute atomic E-state index is 6.02. The number of imidazole rings is 1. The lowest BCUT2D eigenvalue weighted by Crippen LogP contribution is -2.00. The quantitative estimate of drug-likeness (QED) is 0.403. The molecule has 0 amide bonds. The number of ether oxygens (including phenoxy) is 1. The van der Waals surface area contributed by atoms with E-state index in [1.165, 1.54) is 0 Å². The van der Waals surface area contributed by atoms with Gasteiger partial charge in [-0.3, -0.25) is 0 Å². The Bertz CT molecular complexity index is 863. The fourth-order valence-electron chi connectivity index (χ4n) is 2.35. The number of benzene rings is 1. The molecule has 8 heteroatoms. The smallest absolute Gasteiger partial charge is 0.191 e. The summed E-state index contributed by atoms with van der Waals surface area (Å²) in [6, 6.07) is 5.84. The van der Waals surface area contributed by atoms with E-state index in [0.29, 0.717) is 17.5 Å². The zero-order valence-corrected chi connectivity index (χ0v) is 14.7. The zero-order valence-electron chi connectivity index (χ0n) is 13.9. The Labute approximate surface area is 144 Å². The molecule has 0 bridgehead atoms. The number of nitrogens with two attached hydrogens (primary N) is 1. The van der Waals surface area contributed by atoms with Crippen LogP contribution in [0.5, 0.6) is 5.75 Å². The molecule has 0 aliphatic carbocycles. The first-order valence-corrected chi connectivity index (χ1v) is 8.61. The fraction of sp³-hybridized carbons (Fsp3) is 0.312. The van der Waals surface area contributed by atoms with Crippen LogP contribution in [-0.4, -0.2) is 33.2 Å². The van der Waals surface area contributed by atoms with Gasteiger partial charge in [-0.15, -0.1) is 0 Å². The summed E-state index contributed by atoms with van der Waals surface area (Å²) in [6.45, 7) is 2.54. The van der Waals surface area contributed by atoms with Crippen LogP contribution in [0.2, 0.25) is 0 Å². The number of nitrogen functional groups attached to an aromatic ring is 1. The van der Waals surface area contributed by atoms with Crippen molar-refractivity contribution in [2.24, 2.45) is 7.05 Å². The molecule has 3 N–H and O–H groups in total. The number of aryl methyl sites for hydroxylation is 1. The highest BCUT2D eigenvalue weighted by molar-refractivity contribution is 7.98. The number of rotatable bonds is 6. The molecule has 1 aromatic carbocycles. The van der Waals surface area contributed by atoms with Gasteiger partial charge in [0, 0.05) is 19.8 Å². The van der Waals surface area contributed by atoms with E-state index < -0.39 is 0 Å². The molecule has 0 saturated carbocycles. The molecule has 0 unspecified atom stereocenters. The maximum atomic E-state index is 6.02. The molecule has 3 aromatic rings. The highest BCUT2D eigenvalue weighted by Gasteiger charge is 2.11. The van der Waals surface area contributed by atoms with Crippen LogP contribution >= 0.6 is 11.8 Å². The van der Waals surface area contributed by atoms with Gasteiger partial charge in [-0.2, -0.15) is 0 Å². The van der Waals surface area contributed by atoms with Gasteiger partial charge >= 0.3 is 0 Å². The highest BCUT2D eigenvalue weighted by atomic mass is 32.2. The summed E-state index contributed by atoms with van der Waals surface area (Å²) in [5, 5.41) is 3.77.